The van der Waals surface area contributed by atoms with Crippen molar-refractivity contribution in [2.75, 3.05) is 28.1 Å². The molecule has 8 heteroatoms. The van der Waals surface area contributed by atoms with Crippen molar-refractivity contribution >= 4 is 5.91 Å². The highest BCUT2D eigenvalue weighted by molar-refractivity contribution is 5.81. The van der Waals surface area contributed by atoms with Gasteiger partial charge in [-0.1, -0.05) is 48.6 Å². The number of amides is 1. The second kappa shape index (κ2) is 12.8. The number of likely N-dealkylation sites (N-methyl/N-ethyl adjacent to an activating group) is 1. The molecule has 4 atom stereocenters. The van der Waals surface area contributed by atoms with E-state index >= 15 is 0 Å². The van der Waals surface area contributed by atoms with Crippen LogP contribution >= 0.6 is 0 Å². The van der Waals surface area contributed by atoms with E-state index < -0.39 is 24.1 Å². The molecule has 0 saturated carbocycles. The Balaban J connectivity index is 2.18. The average molecular weight is 450 g/mol. The van der Waals surface area contributed by atoms with Crippen molar-refractivity contribution < 1.29 is 33.3 Å². The summed E-state index contributed by atoms with van der Waals surface area (Å²) in [7, 11) is 4.46. The van der Waals surface area contributed by atoms with E-state index in [2.05, 4.69) is 6.58 Å². The van der Waals surface area contributed by atoms with Crippen LogP contribution in [0.2, 0.25) is 0 Å². The predicted molar refractivity (Wildman–Crippen MR) is 119 cm³/mol. The van der Waals surface area contributed by atoms with Crippen molar-refractivity contribution in [1.82, 2.24) is 5.06 Å². The second-order valence-electron chi connectivity index (χ2n) is 7.82. The SMILES string of the molecule is C=CC[C@@H](/C=C/[C@H](OCOC)[C@H]1OC(C)(C)O[C@@H]1C(=O)N(C)OC)OCc1ccccc1. The lowest BCUT2D eigenvalue weighted by molar-refractivity contribution is -0.187. The minimum Gasteiger partial charge on any atom is -0.369 e. The van der Waals surface area contributed by atoms with Crippen LogP contribution in [0.5, 0.6) is 0 Å². The summed E-state index contributed by atoms with van der Waals surface area (Å²) in [5, 5.41) is 1.11. The lowest BCUT2D eigenvalue weighted by atomic mass is 10.1. The molecule has 0 aliphatic carbocycles. The van der Waals surface area contributed by atoms with Gasteiger partial charge in [0.25, 0.3) is 5.91 Å². The molecule has 2 rings (SSSR count). The van der Waals surface area contributed by atoms with Gasteiger partial charge in [-0.25, -0.2) is 5.06 Å². The van der Waals surface area contributed by atoms with Crippen LogP contribution in [0.4, 0.5) is 0 Å². The molecular formula is C24H35NO7. The van der Waals surface area contributed by atoms with E-state index in [1.54, 1.807) is 19.9 Å². The molecule has 0 unspecified atom stereocenters. The Bertz CT molecular complexity index is 737. The molecular weight excluding hydrogens is 414 g/mol. The highest BCUT2D eigenvalue weighted by Crippen LogP contribution is 2.32. The summed E-state index contributed by atoms with van der Waals surface area (Å²) in [6.45, 7) is 7.80. The minimum absolute atomic E-state index is 0.0212. The predicted octanol–water partition coefficient (Wildman–Crippen LogP) is 3.23. The molecule has 0 aromatic heterocycles. The fourth-order valence-corrected chi connectivity index (χ4v) is 3.27. The number of carbonyl (C=O) groups is 1. The fraction of sp³-hybridized carbons (Fsp3) is 0.542. The highest BCUT2D eigenvalue weighted by Gasteiger charge is 2.49. The molecule has 8 nitrogen and oxygen atoms in total. The van der Waals surface area contributed by atoms with Crippen molar-refractivity contribution in [2.24, 2.45) is 0 Å². The molecule has 1 amide bonds. The Kier molecular flexibility index (Phi) is 10.5. The standard InChI is InChI=1S/C24H35NO7/c1-7-11-19(29-16-18-12-9-8-10-13-18)14-15-20(30-17-27-5)21-22(23(26)25(4)28-6)32-24(2,3)31-21/h7-10,12-15,19-22H,1,11,16-17H2,2-6H3/b15-14+/t19-,20-,21+,22-/m0/s1. The molecule has 178 valence electrons. The molecule has 0 N–H and O–H groups in total. The first-order valence-electron chi connectivity index (χ1n) is 10.5. The zero-order valence-electron chi connectivity index (χ0n) is 19.6. The van der Waals surface area contributed by atoms with Crippen molar-refractivity contribution in [3.8, 4) is 0 Å². The lowest BCUT2D eigenvalue weighted by Crippen LogP contribution is -2.46. The van der Waals surface area contributed by atoms with E-state index in [1.165, 1.54) is 21.3 Å². The molecule has 1 aromatic carbocycles. The molecule has 1 heterocycles. The summed E-state index contributed by atoms with van der Waals surface area (Å²) in [5.41, 5.74) is 1.07. The Labute approximate surface area is 190 Å². The minimum atomic E-state index is -0.966. The van der Waals surface area contributed by atoms with Crippen LogP contribution in [0.25, 0.3) is 0 Å². The Morgan fingerprint density at radius 2 is 1.91 bits per heavy atom. The summed E-state index contributed by atoms with van der Waals surface area (Å²) in [6, 6.07) is 9.92. The van der Waals surface area contributed by atoms with Gasteiger partial charge in [0.1, 0.15) is 19.0 Å². The van der Waals surface area contributed by atoms with Crippen LogP contribution < -0.4 is 0 Å². The fourth-order valence-electron chi connectivity index (χ4n) is 3.27. The number of benzene rings is 1. The number of methoxy groups -OCH3 is 1. The van der Waals surface area contributed by atoms with E-state index in [4.69, 9.17) is 28.5 Å². The maximum Gasteiger partial charge on any atom is 0.277 e. The van der Waals surface area contributed by atoms with Crippen LogP contribution in [-0.4, -0.2) is 69.2 Å². The third-order valence-corrected chi connectivity index (χ3v) is 4.88. The second-order valence-corrected chi connectivity index (χ2v) is 7.82. The third-order valence-electron chi connectivity index (χ3n) is 4.88. The molecule has 1 aliphatic rings. The topological polar surface area (TPSA) is 75.7 Å². The van der Waals surface area contributed by atoms with Gasteiger partial charge in [0, 0.05) is 14.2 Å². The van der Waals surface area contributed by atoms with Gasteiger partial charge in [-0.2, -0.15) is 0 Å². The first-order chi connectivity index (χ1) is 15.3. The van der Waals surface area contributed by atoms with Crippen molar-refractivity contribution in [1.29, 1.82) is 0 Å². The molecule has 1 aromatic rings. The van der Waals surface area contributed by atoms with Gasteiger partial charge < -0.3 is 23.7 Å². The summed E-state index contributed by atoms with van der Waals surface area (Å²) < 4.78 is 28.9. The van der Waals surface area contributed by atoms with E-state index in [0.717, 1.165) is 10.6 Å². The van der Waals surface area contributed by atoms with Crippen molar-refractivity contribution in [3.63, 3.8) is 0 Å². The summed E-state index contributed by atoms with van der Waals surface area (Å²) in [4.78, 5) is 17.8. The van der Waals surface area contributed by atoms with Gasteiger partial charge in [0.2, 0.25) is 0 Å². The van der Waals surface area contributed by atoms with Gasteiger partial charge in [0.15, 0.2) is 11.9 Å². The van der Waals surface area contributed by atoms with Crippen LogP contribution in [0, 0.1) is 0 Å². The monoisotopic (exact) mass is 449 g/mol. The summed E-state index contributed by atoms with van der Waals surface area (Å²) >= 11 is 0. The van der Waals surface area contributed by atoms with Crippen LogP contribution in [-0.2, 0) is 39.9 Å². The Morgan fingerprint density at radius 1 is 1.19 bits per heavy atom. The number of ether oxygens (including phenoxy) is 5. The molecule has 1 saturated heterocycles. The van der Waals surface area contributed by atoms with Gasteiger partial charge in [-0.3, -0.25) is 9.63 Å². The highest BCUT2D eigenvalue weighted by atomic mass is 16.8. The summed E-state index contributed by atoms with van der Waals surface area (Å²) in [5.74, 6) is -1.34. The Morgan fingerprint density at radius 3 is 2.53 bits per heavy atom. The number of hydrogen-bond donors (Lipinski definition) is 0. The van der Waals surface area contributed by atoms with E-state index in [9.17, 15) is 4.79 Å². The molecule has 1 aliphatic heterocycles. The third kappa shape index (κ3) is 7.81. The first-order valence-corrected chi connectivity index (χ1v) is 10.5. The summed E-state index contributed by atoms with van der Waals surface area (Å²) in [6.07, 6.45) is 3.65. The molecule has 0 bridgehead atoms. The van der Waals surface area contributed by atoms with Crippen LogP contribution in [0.1, 0.15) is 25.8 Å². The van der Waals surface area contributed by atoms with Crippen molar-refractivity contribution in [3.05, 3.63) is 60.7 Å². The van der Waals surface area contributed by atoms with Crippen LogP contribution in [0.15, 0.2) is 55.1 Å². The molecule has 1 fully saturated rings. The number of hydrogen-bond acceptors (Lipinski definition) is 7. The van der Waals surface area contributed by atoms with Gasteiger partial charge in [-0.05, 0) is 25.8 Å². The van der Waals surface area contributed by atoms with E-state index in [0.29, 0.717) is 13.0 Å². The molecule has 32 heavy (non-hydrogen) atoms. The lowest BCUT2D eigenvalue weighted by Gasteiger charge is -2.26. The maximum absolute atomic E-state index is 12.8. The number of hydroxylamine groups is 2. The maximum atomic E-state index is 12.8. The van der Waals surface area contributed by atoms with Gasteiger partial charge >= 0.3 is 0 Å². The zero-order valence-corrected chi connectivity index (χ0v) is 19.6. The number of carbonyl (C=O) groups excluding carboxylic acids is 1. The zero-order chi connectivity index (χ0) is 23.6. The first kappa shape index (κ1) is 26.2. The quantitative estimate of drug-likeness (QED) is 0.260. The molecule has 0 radical (unpaired) electrons. The smallest absolute Gasteiger partial charge is 0.277 e. The average Bonchev–Trinajstić information content (AvgIpc) is 3.12. The number of nitrogens with zero attached hydrogens (tertiary/aromatic N) is 1. The number of rotatable bonds is 13. The van der Waals surface area contributed by atoms with Crippen molar-refractivity contribution in [2.45, 2.75) is 57.1 Å². The van der Waals surface area contributed by atoms with E-state index in [1.807, 2.05) is 42.5 Å². The van der Waals surface area contributed by atoms with Crippen LogP contribution in [0.3, 0.4) is 0 Å². The van der Waals surface area contributed by atoms with E-state index in [-0.39, 0.29) is 18.8 Å². The van der Waals surface area contributed by atoms with Gasteiger partial charge in [0.05, 0.1) is 19.8 Å². The van der Waals surface area contributed by atoms with Gasteiger partial charge in [-0.15, -0.1) is 6.58 Å². The Hall–Kier alpha value is -2.07. The largest absolute Gasteiger partial charge is 0.369 e. The molecule has 0 spiro atoms. The normalized spacial score (nSPS) is 22.0.